The quantitative estimate of drug-likeness (QED) is 0.764. The molecular formula is C11H16N5O4PS. The molecule has 11 heteroatoms. The van der Waals surface area contributed by atoms with Gasteiger partial charge in [-0.15, -0.1) is 0 Å². The van der Waals surface area contributed by atoms with Crippen LogP contribution in [0.4, 0.5) is 5.82 Å². The molecule has 2 aromatic rings. The lowest BCUT2D eigenvalue weighted by Crippen LogP contribution is -2.16. The molecule has 1 aliphatic rings. The summed E-state index contributed by atoms with van der Waals surface area (Å²) >= 11 is 4.79. The molecule has 0 aliphatic carbocycles. The topological polar surface area (TPSA) is 118 Å². The number of hydrogen-bond acceptors (Lipinski definition) is 8. The fourth-order valence-electron chi connectivity index (χ4n) is 2.32. The summed E-state index contributed by atoms with van der Waals surface area (Å²) in [7, 11) is 1.32. The first-order chi connectivity index (χ1) is 10.5. The van der Waals surface area contributed by atoms with Crippen LogP contribution < -0.4 is 5.73 Å². The molecule has 9 nitrogen and oxygen atoms in total. The Balaban J connectivity index is 1.69. The number of nitrogens with zero attached hydrogens (tertiary/aromatic N) is 4. The van der Waals surface area contributed by atoms with Gasteiger partial charge < -0.3 is 24.4 Å². The van der Waals surface area contributed by atoms with E-state index >= 15 is 0 Å². The van der Waals surface area contributed by atoms with E-state index in [2.05, 4.69) is 15.0 Å². The molecule has 22 heavy (non-hydrogen) atoms. The minimum Gasteiger partial charge on any atom is -0.382 e. The first kappa shape index (κ1) is 15.7. The van der Waals surface area contributed by atoms with E-state index in [1.54, 1.807) is 6.33 Å². The van der Waals surface area contributed by atoms with Gasteiger partial charge in [-0.25, -0.2) is 15.0 Å². The third-order valence-electron chi connectivity index (χ3n) is 3.44. The number of rotatable bonds is 5. The fraction of sp³-hybridized carbons (Fsp3) is 0.545. The maximum Gasteiger partial charge on any atom is 0.324 e. The molecule has 0 bridgehead atoms. The summed E-state index contributed by atoms with van der Waals surface area (Å²) in [5.74, 6) is 0.336. The highest BCUT2D eigenvalue weighted by atomic mass is 32.5. The molecule has 120 valence electrons. The third-order valence-corrected chi connectivity index (χ3v) is 5.14. The van der Waals surface area contributed by atoms with Crippen molar-refractivity contribution in [1.82, 2.24) is 19.5 Å². The summed E-state index contributed by atoms with van der Waals surface area (Å²) < 4.78 is 17.6. The second kappa shape index (κ2) is 6.15. The Morgan fingerprint density at radius 2 is 2.32 bits per heavy atom. The molecule has 3 heterocycles. The normalized spacial score (nSPS) is 24.6. The molecule has 1 unspecified atom stereocenters. The molecule has 0 aromatic carbocycles. The number of anilines is 1. The van der Waals surface area contributed by atoms with Gasteiger partial charge in [0.2, 0.25) is 0 Å². The summed E-state index contributed by atoms with van der Waals surface area (Å²) in [6.07, 6.45) is 4.17. The first-order valence-electron chi connectivity index (χ1n) is 6.61. The van der Waals surface area contributed by atoms with E-state index in [9.17, 15) is 4.89 Å². The van der Waals surface area contributed by atoms with Crippen LogP contribution in [0.3, 0.4) is 0 Å². The van der Waals surface area contributed by atoms with Gasteiger partial charge in [-0.05, 0) is 24.6 Å². The number of ether oxygens (including phenoxy) is 1. The molecule has 2 aromatic heterocycles. The Bertz CT molecular complexity index is 726. The molecular weight excluding hydrogens is 329 g/mol. The predicted octanol–water partition coefficient (Wildman–Crippen LogP) is 0.966. The minimum atomic E-state index is -3.15. The first-order valence-corrected chi connectivity index (χ1v) is 9.21. The average molecular weight is 345 g/mol. The van der Waals surface area contributed by atoms with Gasteiger partial charge in [0.05, 0.1) is 19.0 Å². The van der Waals surface area contributed by atoms with E-state index in [0.29, 0.717) is 17.0 Å². The summed E-state index contributed by atoms with van der Waals surface area (Å²) in [4.78, 5) is 21.9. The summed E-state index contributed by atoms with van der Waals surface area (Å²) in [5.41, 5.74) is 6.95. The van der Waals surface area contributed by atoms with Gasteiger partial charge in [-0.2, -0.15) is 0 Å². The minimum absolute atomic E-state index is 0.175. The molecule has 0 amide bonds. The van der Waals surface area contributed by atoms with Crippen molar-refractivity contribution < 1.29 is 18.7 Å². The van der Waals surface area contributed by atoms with Crippen molar-refractivity contribution in [3.8, 4) is 0 Å². The van der Waals surface area contributed by atoms with E-state index in [4.69, 9.17) is 31.3 Å². The van der Waals surface area contributed by atoms with Crippen molar-refractivity contribution >= 4 is 35.5 Å². The fourth-order valence-corrected chi connectivity index (χ4v) is 2.97. The Kier molecular flexibility index (Phi) is 4.40. The lowest BCUT2D eigenvalue weighted by Gasteiger charge is -2.18. The molecule has 3 rings (SSSR count). The number of nitrogens with two attached hydrogens (primary N) is 1. The number of nitrogen functional groups attached to an aromatic ring is 1. The van der Waals surface area contributed by atoms with Crippen LogP contribution in [0.1, 0.15) is 19.1 Å². The highest BCUT2D eigenvalue weighted by Gasteiger charge is 2.29. The monoisotopic (exact) mass is 345 g/mol. The zero-order valence-corrected chi connectivity index (χ0v) is 13.5. The van der Waals surface area contributed by atoms with Crippen molar-refractivity contribution in [1.29, 1.82) is 0 Å². The second-order valence-electron chi connectivity index (χ2n) is 4.82. The van der Waals surface area contributed by atoms with Gasteiger partial charge in [-0.1, -0.05) is 0 Å². The number of hydrogen-bond donors (Lipinski definition) is 2. The molecule has 0 radical (unpaired) electrons. The summed E-state index contributed by atoms with van der Waals surface area (Å²) in [6.45, 7) is -2.97. The van der Waals surface area contributed by atoms with Crippen LogP contribution in [0.5, 0.6) is 0 Å². The third kappa shape index (κ3) is 3.12. The smallest absolute Gasteiger partial charge is 0.324 e. The highest BCUT2D eigenvalue weighted by Crippen LogP contribution is 2.43. The lowest BCUT2D eigenvalue weighted by atomic mass is 10.2. The molecule has 1 aliphatic heterocycles. The average Bonchev–Trinajstić information content (AvgIpc) is 3.12. The molecule has 3 N–H and O–H groups in total. The molecule has 3 atom stereocenters. The second-order valence-corrected chi connectivity index (χ2v) is 7.76. The van der Waals surface area contributed by atoms with Gasteiger partial charge in [0.15, 0.2) is 11.5 Å². The standard InChI is InChI=1S/C11H16N5O4PS/c1-18-21(17,22)19-4-7-2-3-8(20-7)16-6-15-9-10(12)13-5-14-11(9)16/h5-8H,2-4H2,1H3,(H,17,22)(H2,12,13,14)/t7-,8+,21?/m0/s1. The van der Waals surface area contributed by atoms with Crippen molar-refractivity contribution in [2.75, 3.05) is 19.5 Å². The molecule has 0 spiro atoms. The van der Waals surface area contributed by atoms with E-state index in [1.807, 2.05) is 4.57 Å². The lowest BCUT2D eigenvalue weighted by molar-refractivity contribution is -0.0184. The SMILES string of the molecule is COP(O)(=S)OC[C@@H]1CC[C@H](n2cnc3c(N)ncnc32)O1. The van der Waals surface area contributed by atoms with Crippen LogP contribution in [0.15, 0.2) is 12.7 Å². The van der Waals surface area contributed by atoms with Crippen molar-refractivity contribution in [2.24, 2.45) is 0 Å². The van der Waals surface area contributed by atoms with Crippen LogP contribution >= 0.6 is 6.72 Å². The number of fused-ring (bicyclic) bond motifs is 1. The van der Waals surface area contributed by atoms with E-state index < -0.39 is 6.72 Å². The summed E-state index contributed by atoms with van der Waals surface area (Å²) in [6, 6.07) is 0. The Morgan fingerprint density at radius 1 is 1.50 bits per heavy atom. The van der Waals surface area contributed by atoms with Gasteiger partial charge >= 0.3 is 6.72 Å². The van der Waals surface area contributed by atoms with Crippen LogP contribution in [0, 0.1) is 0 Å². The molecule has 1 saturated heterocycles. The zero-order valence-electron chi connectivity index (χ0n) is 11.8. The van der Waals surface area contributed by atoms with Gasteiger partial charge in [-0.3, -0.25) is 4.57 Å². The van der Waals surface area contributed by atoms with Crippen molar-refractivity contribution in [3.63, 3.8) is 0 Å². The largest absolute Gasteiger partial charge is 0.382 e. The van der Waals surface area contributed by atoms with Crippen molar-refractivity contribution in [3.05, 3.63) is 12.7 Å². The van der Waals surface area contributed by atoms with E-state index in [1.165, 1.54) is 13.4 Å². The van der Waals surface area contributed by atoms with Gasteiger partial charge in [0, 0.05) is 7.11 Å². The Labute approximate surface area is 131 Å². The predicted molar refractivity (Wildman–Crippen MR) is 82.3 cm³/mol. The summed E-state index contributed by atoms with van der Waals surface area (Å²) in [5, 5.41) is 0. The van der Waals surface area contributed by atoms with Gasteiger partial charge in [0.25, 0.3) is 0 Å². The molecule has 0 saturated carbocycles. The van der Waals surface area contributed by atoms with E-state index in [-0.39, 0.29) is 18.9 Å². The van der Waals surface area contributed by atoms with Crippen LogP contribution in [0.2, 0.25) is 0 Å². The highest BCUT2D eigenvalue weighted by molar-refractivity contribution is 8.07. The number of imidazole rings is 1. The maximum atomic E-state index is 9.59. The zero-order chi connectivity index (χ0) is 15.7. The Hall–Kier alpha value is -1.16. The van der Waals surface area contributed by atoms with Crippen LogP contribution in [-0.2, 0) is 25.6 Å². The Morgan fingerprint density at radius 3 is 3.09 bits per heavy atom. The van der Waals surface area contributed by atoms with E-state index in [0.717, 1.165) is 12.8 Å². The van der Waals surface area contributed by atoms with Crippen LogP contribution in [0.25, 0.3) is 11.2 Å². The van der Waals surface area contributed by atoms with Crippen molar-refractivity contribution in [2.45, 2.75) is 25.2 Å². The number of aromatic nitrogens is 4. The van der Waals surface area contributed by atoms with Gasteiger partial charge in [0.1, 0.15) is 18.1 Å². The van der Waals surface area contributed by atoms with Crippen LogP contribution in [-0.4, -0.2) is 44.2 Å². The maximum absolute atomic E-state index is 9.59. The molecule has 1 fully saturated rings.